The number of halogens is 2. The van der Waals surface area contributed by atoms with Crippen molar-refractivity contribution in [3.8, 4) is 0 Å². The van der Waals surface area contributed by atoms with Crippen LogP contribution < -0.4 is 5.32 Å². The van der Waals surface area contributed by atoms with Gasteiger partial charge in [-0.2, -0.15) is 4.37 Å². The molecular weight excluding hydrogens is 546 g/mol. The van der Waals surface area contributed by atoms with Crippen LogP contribution in [0.5, 0.6) is 0 Å². The smallest absolute Gasteiger partial charge is 0.238 e. The molecule has 0 saturated carbocycles. The normalized spacial score (nSPS) is 21.1. The van der Waals surface area contributed by atoms with Gasteiger partial charge in [-0.25, -0.2) is 18.7 Å². The van der Waals surface area contributed by atoms with Gasteiger partial charge in [0.25, 0.3) is 0 Å². The lowest BCUT2D eigenvalue weighted by atomic mass is 9.84. The SMILES string of the molecule is O=C1CN2C(CNC[C@@]2(c2cc(F)cc(F)c2)c2nsc(CCc3ccccc3)n2)N1Cc1ccc2ocnc2c1. The first kappa shape index (κ1) is 25.9. The molecule has 1 N–H and O–H groups in total. The number of nitrogens with zero attached hydrogens (tertiary/aromatic N) is 5. The number of rotatable bonds is 7. The number of aromatic nitrogens is 3. The highest BCUT2D eigenvalue weighted by atomic mass is 32.1. The molecule has 5 aromatic rings. The Morgan fingerprint density at radius 3 is 2.68 bits per heavy atom. The summed E-state index contributed by atoms with van der Waals surface area (Å²) in [5.41, 5.74) is 2.71. The number of benzene rings is 3. The van der Waals surface area contributed by atoms with Gasteiger partial charge in [-0.1, -0.05) is 36.4 Å². The topological polar surface area (TPSA) is 87.4 Å². The van der Waals surface area contributed by atoms with E-state index in [4.69, 9.17) is 13.8 Å². The van der Waals surface area contributed by atoms with E-state index < -0.39 is 17.2 Å². The number of hydrogen-bond donors (Lipinski definition) is 1. The van der Waals surface area contributed by atoms with Crippen LogP contribution in [0.4, 0.5) is 8.78 Å². The third kappa shape index (κ3) is 4.69. The maximum absolute atomic E-state index is 14.7. The number of nitrogens with one attached hydrogen (secondary N) is 1. The Morgan fingerprint density at radius 2 is 1.85 bits per heavy atom. The molecule has 208 valence electrons. The number of carbonyl (C=O) groups excluding carboxylic acids is 1. The standard InChI is InChI=1S/C30H26F2N6O2S/c31-22-11-21(12-23(32)13-22)30(29-35-26(41-36-29)9-7-19-4-2-1-3-5-19)17-33-14-27-37(28(39)16-38(27)30)15-20-6-8-25-24(10-20)34-18-40-25/h1-6,8,10-13,18,27,33H,7,9,14-17H2/t27?,30-/m1/s1. The summed E-state index contributed by atoms with van der Waals surface area (Å²) in [6.45, 7) is 1.20. The predicted octanol–water partition coefficient (Wildman–Crippen LogP) is 4.26. The summed E-state index contributed by atoms with van der Waals surface area (Å²) in [4.78, 5) is 26.5. The fourth-order valence-electron chi connectivity index (χ4n) is 5.98. The number of oxazole rings is 1. The second-order valence-electron chi connectivity index (χ2n) is 10.4. The van der Waals surface area contributed by atoms with Gasteiger partial charge in [0.1, 0.15) is 27.7 Å². The highest BCUT2D eigenvalue weighted by molar-refractivity contribution is 7.05. The highest BCUT2D eigenvalue weighted by Gasteiger charge is 2.55. The first-order chi connectivity index (χ1) is 20.0. The zero-order valence-corrected chi connectivity index (χ0v) is 22.8. The van der Waals surface area contributed by atoms with Crippen LogP contribution in [0.3, 0.4) is 0 Å². The molecule has 0 spiro atoms. The lowest BCUT2D eigenvalue weighted by molar-refractivity contribution is -0.128. The van der Waals surface area contributed by atoms with E-state index in [1.54, 1.807) is 4.90 Å². The lowest BCUT2D eigenvalue weighted by Gasteiger charge is -2.48. The van der Waals surface area contributed by atoms with E-state index >= 15 is 0 Å². The number of amides is 1. The lowest BCUT2D eigenvalue weighted by Crippen LogP contribution is -2.64. The Morgan fingerprint density at radius 1 is 1.02 bits per heavy atom. The number of fused-ring (bicyclic) bond motifs is 2. The number of piperazine rings is 1. The highest BCUT2D eigenvalue weighted by Crippen LogP contribution is 2.42. The van der Waals surface area contributed by atoms with Crippen LogP contribution >= 0.6 is 11.5 Å². The minimum Gasteiger partial charge on any atom is -0.443 e. The molecule has 2 aromatic heterocycles. The minimum absolute atomic E-state index is 0.0647. The van der Waals surface area contributed by atoms with Gasteiger partial charge >= 0.3 is 0 Å². The molecule has 0 aliphatic carbocycles. The second kappa shape index (κ2) is 10.4. The van der Waals surface area contributed by atoms with E-state index in [9.17, 15) is 13.6 Å². The summed E-state index contributed by atoms with van der Waals surface area (Å²) in [7, 11) is 0. The molecule has 7 rings (SSSR count). The van der Waals surface area contributed by atoms with Crippen LogP contribution in [0, 0.1) is 11.6 Å². The molecule has 2 aliphatic rings. The second-order valence-corrected chi connectivity index (χ2v) is 11.3. The summed E-state index contributed by atoms with van der Waals surface area (Å²) in [5.74, 6) is -1.03. The monoisotopic (exact) mass is 572 g/mol. The molecule has 41 heavy (non-hydrogen) atoms. The van der Waals surface area contributed by atoms with Crippen molar-refractivity contribution in [2.45, 2.75) is 31.1 Å². The molecule has 0 bridgehead atoms. The summed E-state index contributed by atoms with van der Waals surface area (Å²) in [6, 6.07) is 19.3. The van der Waals surface area contributed by atoms with E-state index in [0.717, 1.165) is 23.1 Å². The Labute approximate surface area is 238 Å². The summed E-state index contributed by atoms with van der Waals surface area (Å²) in [5, 5.41) is 4.25. The van der Waals surface area contributed by atoms with E-state index in [0.29, 0.717) is 48.5 Å². The van der Waals surface area contributed by atoms with Crippen molar-refractivity contribution in [3.63, 3.8) is 0 Å². The molecule has 4 heterocycles. The Balaban J connectivity index is 1.25. The van der Waals surface area contributed by atoms with Gasteiger partial charge in [-0.15, -0.1) is 0 Å². The molecular formula is C30H26F2N6O2S. The third-order valence-electron chi connectivity index (χ3n) is 7.94. The van der Waals surface area contributed by atoms with Gasteiger partial charge in [0.05, 0.1) is 12.7 Å². The molecule has 2 fully saturated rings. The first-order valence-electron chi connectivity index (χ1n) is 13.4. The van der Waals surface area contributed by atoms with Crippen LogP contribution in [-0.2, 0) is 29.7 Å². The van der Waals surface area contributed by atoms with Gasteiger partial charge in [-0.05, 0) is 58.9 Å². The summed E-state index contributed by atoms with van der Waals surface area (Å²) >= 11 is 1.29. The molecule has 2 saturated heterocycles. The summed E-state index contributed by atoms with van der Waals surface area (Å²) in [6.07, 6.45) is 2.49. The van der Waals surface area contributed by atoms with Crippen molar-refractivity contribution in [3.05, 3.63) is 112 Å². The molecule has 1 amide bonds. The molecule has 8 nitrogen and oxygen atoms in total. The average molecular weight is 573 g/mol. The van der Waals surface area contributed by atoms with Gasteiger partial charge in [-0.3, -0.25) is 9.69 Å². The fraction of sp³-hybridized carbons (Fsp3) is 0.267. The minimum atomic E-state index is -1.15. The van der Waals surface area contributed by atoms with Crippen molar-refractivity contribution in [1.82, 2.24) is 29.5 Å². The molecule has 1 unspecified atom stereocenters. The Kier molecular flexibility index (Phi) is 6.57. The largest absolute Gasteiger partial charge is 0.443 e. The molecule has 11 heteroatoms. The van der Waals surface area contributed by atoms with Crippen LogP contribution in [0.25, 0.3) is 11.1 Å². The van der Waals surface area contributed by atoms with E-state index in [1.807, 2.05) is 41.3 Å². The van der Waals surface area contributed by atoms with Crippen molar-refractivity contribution >= 4 is 28.5 Å². The molecule has 2 aliphatic heterocycles. The molecule has 3 aromatic carbocycles. The van der Waals surface area contributed by atoms with E-state index in [2.05, 4.69) is 22.4 Å². The number of aryl methyl sites for hydroxylation is 2. The quantitative estimate of drug-likeness (QED) is 0.312. The third-order valence-corrected chi connectivity index (χ3v) is 8.71. The van der Waals surface area contributed by atoms with Crippen LogP contribution in [0.2, 0.25) is 0 Å². The van der Waals surface area contributed by atoms with Crippen LogP contribution in [-0.4, -0.2) is 55.8 Å². The van der Waals surface area contributed by atoms with Crippen LogP contribution in [0.1, 0.15) is 27.5 Å². The van der Waals surface area contributed by atoms with Crippen molar-refractivity contribution in [1.29, 1.82) is 0 Å². The van der Waals surface area contributed by atoms with Crippen molar-refractivity contribution in [2.75, 3.05) is 19.6 Å². The zero-order chi connectivity index (χ0) is 28.0. The predicted molar refractivity (Wildman–Crippen MR) is 149 cm³/mol. The van der Waals surface area contributed by atoms with Gasteiger partial charge in [0.15, 0.2) is 17.8 Å². The van der Waals surface area contributed by atoms with Crippen molar-refractivity contribution < 1.29 is 18.0 Å². The van der Waals surface area contributed by atoms with Gasteiger partial charge in [0, 0.05) is 32.1 Å². The van der Waals surface area contributed by atoms with E-state index in [-0.39, 0.29) is 18.6 Å². The Bertz CT molecular complexity index is 1710. The van der Waals surface area contributed by atoms with Crippen molar-refractivity contribution in [2.24, 2.45) is 0 Å². The van der Waals surface area contributed by atoms with Gasteiger partial charge < -0.3 is 14.6 Å². The maximum Gasteiger partial charge on any atom is 0.238 e. The number of hydrogen-bond acceptors (Lipinski definition) is 8. The van der Waals surface area contributed by atoms with E-state index in [1.165, 1.54) is 35.6 Å². The number of carbonyl (C=O) groups is 1. The molecule has 0 radical (unpaired) electrons. The fourth-order valence-corrected chi connectivity index (χ4v) is 6.68. The molecule has 2 atom stereocenters. The Hall–Kier alpha value is -4.06. The van der Waals surface area contributed by atoms with Crippen LogP contribution in [0.15, 0.2) is 77.5 Å². The zero-order valence-electron chi connectivity index (χ0n) is 22.0. The maximum atomic E-state index is 14.7. The summed E-state index contributed by atoms with van der Waals surface area (Å²) < 4.78 is 39.4. The first-order valence-corrected chi connectivity index (χ1v) is 14.2. The average Bonchev–Trinajstić information content (AvgIpc) is 3.71. The van der Waals surface area contributed by atoms with Gasteiger partial charge in [0.2, 0.25) is 5.91 Å².